The number of hydrogen-bond acceptors (Lipinski definition) is 4. The van der Waals surface area contributed by atoms with E-state index in [1.165, 1.54) is 0 Å². The second-order valence-electron chi connectivity index (χ2n) is 6.01. The summed E-state index contributed by atoms with van der Waals surface area (Å²) in [4.78, 5) is 0. The Kier molecular flexibility index (Phi) is 5.45. The number of ether oxygens (including phenoxy) is 2. The molecule has 0 N–H and O–H groups in total. The van der Waals surface area contributed by atoms with Gasteiger partial charge >= 0.3 is 0 Å². The number of hydrogen-bond donors (Lipinski definition) is 0. The number of piperidine rings is 1. The normalized spacial score (nSPS) is 27.2. The molecule has 2 heterocycles. The predicted molar refractivity (Wildman–Crippen MR) is 78.2 cm³/mol. The molecule has 0 bridgehead atoms. The molecule has 118 valence electrons. The molecule has 5 nitrogen and oxygen atoms in total. The molecule has 2 saturated heterocycles. The van der Waals surface area contributed by atoms with E-state index in [1.54, 1.807) is 4.31 Å². The van der Waals surface area contributed by atoms with E-state index >= 15 is 0 Å². The zero-order chi connectivity index (χ0) is 14.6. The summed E-state index contributed by atoms with van der Waals surface area (Å²) in [5, 5.41) is 0. The first-order chi connectivity index (χ1) is 9.51. The highest BCUT2D eigenvalue weighted by Gasteiger charge is 2.43. The summed E-state index contributed by atoms with van der Waals surface area (Å²) >= 11 is 0. The molecule has 2 fully saturated rings. The number of rotatable bonds is 6. The Balaban J connectivity index is 1.85. The van der Waals surface area contributed by atoms with Gasteiger partial charge in [0.05, 0.1) is 25.1 Å². The van der Waals surface area contributed by atoms with Gasteiger partial charge in [-0.2, -0.15) is 0 Å². The van der Waals surface area contributed by atoms with Crippen LogP contribution in [0.15, 0.2) is 0 Å². The summed E-state index contributed by atoms with van der Waals surface area (Å²) in [6, 6.07) is 0. The Bertz CT molecular complexity index is 401. The summed E-state index contributed by atoms with van der Waals surface area (Å²) < 4.78 is 37.1. The van der Waals surface area contributed by atoms with Crippen LogP contribution in [0.25, 0.3) is 0 Å². The molecule has 0 aliphatic carbocycles. The van der Waals surface area contributed by atoms with Crippen LogP contribution in [-0.2, 0) is 19.5 Å². The molecule has 0 aromatic heterocycles. The van der Waals surface area contributed by atoms with Crippen molar-refractivity contribution >= 4 is 10.0 Å². The first kappa shape index (κ1) is 16.2. The summed E-state index contributed by atoms with van der Waals surface area (Å²) in [6.45, 7) is 7.33. The van der Waals surface area contributed by atoms with E-state index < -0.39 is 10.0 Å². The first-order valence-corrected chi connectivity index (χ1v) is 9.29. The molecule has 0 aromatic rings. The third kappa shape index (κ3) is 3.72. The number of sulfonamides is 1. The van der Waals surface area contributed by atoms with Gasteiger partial charge < -0.3 is 9.47 Å². The summed E-state index contributed by atoms with van der Waals surface area (Å²) in [6.07, 6.45) is 3.71. The lowest BCUT2D eigenvalue weighted by Crippen LogP contribution is -2.44. The molecular weight excluding hydrogens is 278 g/mol. The molecule has 2 aliphatic heterocycles. The fourth-order valence-corrected chi connectivity index (χ4v) is 4.74. The minimum Gasteiger partial charge on any atom is -0.379 e. The maximum Gasteiger partial charge on any atom is 0.214 e. The maximum atomic E-state index is 12.1. The van der Waals surface area contributed by atoms with Gasteiger partial charge in [0.15, 0.2) is 0 Å². The topological polar surface area (TPSA) is 55.8 Å². The molecule has 2 rings (SSSR count). The maximum absolute atomic E-state index is 12.1. The van der Waals surface area contributed by atoms with Gasteiger partial charge in [-0.05, 0) is 38.0 Å². The Morgan fingerprint density at radius 3 is 2.60 bits per heavy atom. The van der Waals surface area contributed by atoms with Gasteiger partial charge in [-0.1, -0.05) is 6.92 Å². The zero-order valence-corrected chi connectivity index (χ0v) is 13.5. The van der Waals surface area contributed by atoms with Crippen molar-refractivity contribution in [1.29, 1.82) is 0 Å². The van der Waals surface area contributed by atoms with Gasteiger partial charge in [-0.15, -0.1) is 0 Å². The average Bonchev–Trinajstić information content (AvgIpc) is 2.80. The van der Waals surface area contributed by atoms with Gasteiger partial charge in [0.2, 0.25) is 10.0 Å². The minimum absolute atomic E-state index is 0.181. The molecule has 6 heteroatoms. The summed E-state index contributed by atoms with van der Waals surface area (Å²) in [5.41, 5.74) is 0.181. The lowest BCUT2D eigenvalue weighted by Gasteiger charge is -2.37. The first-order valence-electron chi connectivity index (χ1n) is 7.68. The molecule has 1 spiro atoms. The van der Waals surface area contributed by atoms with Crippen molar-refractivity contribution in [1.82, 2.24) is 4.31 Å². The lowest BCUT2D eigenvalue weighted by atomic mass is 9.77. The third-order valence-electron chi connectivity index (χ3n) is 4.43. The summed E-state index contributed by atoms with van der Waals surface area (Å²) in [7, 11) is -3.04. The van der Waals surface area contributed by atoms with Crippen LogP contribution in [0.3, 0.4) is 0 Å². The van der Waals surface area contributed by atoms with E-state index in [1.807, 2.05) is 13.8 Å². The Labute approximate surface area is 122 Å². The van der Waals surface area contributed by atoms with Gasteiger partial charge in [-0.3, -0.25) is 0 Å². The van der Waals surface area contributed by atoms with Crippen molar-refractivity contribution in [3.63, 3.8) is 0 Å². The Morgan fingerprint density at radius 2 is 2.00 bits per heavy atom. The molecule has 0 saturated carbocycles. The minimum atomic E-state index is -3.04. The highest BCUT2D eigenvalue weighted by atomic mass is 32.2. The Morgan fingerprint density at radius 1 is 1.30 bits per heavy atom. The second kappa shape index (κ2) is 6.73. The van der Waals surface area contributed by atoms with E-state index in [0.717, 1.165) is 32.5 Å². The molecule has 0 amide bonds. The fourth-order valence-electron chi connectivity index (χ4n) is 3.23. The van der Waals surface area contributed by atoms with Gasteiger partial charge in [0.1, 0.15) is 0 Å². The smallest absolute Gasteiger partial charge is 0.214 e. The van der Waals surface area contributed by atoms with Crippen LogP contribution >= 0.6 is 0 Å². The largest absolute Gasteiger partial charge is 0.379 e. The lowest BCUT2D eigenvalue weighted by molar-refractivity contribution is 0.0173. The van der Waals surface area contributed by atoms with Crippen LogP contribution in [0.4, 0.5) is 0 Å². The van der Waals surface area contributed by atoms with Crippen molar-refractivity contribution in [2.45, 2.75) is 45.6 Å². The van der Waals surface area contributed by atoms with Crippen molar-refractivity contribution < 1.29 is 17.9 Å². The molecule has 1 atom stereocenters. The number of nitrogens with zero attached hydrogens (tertiary/aromatic N) is 1. The van der Waals surface area contributed by atoms with Crippen molar-refractivity contribution in [3.8, 4) is 0 Å². The standard InChI is InChI=1S/C14H27NO4S/c1-3-9-20(16,17)15-7-5-14(6-8-15)10-13(19-12-14)11-18-4-2/h13H,3-12H2,1-2H3. The van der Waals surface area contributed by atoms with Crippen LogP contribution < -0.4 is 0 Å². The van der Waals surface area contributed by atoms with Gasteiger partial charge in [0, 0.05) is 19.7 Å². The zero-order valence-electron chi connectivity index (χ0n) is 12.6. The van der Waals surface area contributed by atoms with Gasteiger partial charge in [-0.25, -0.2) is 12.7 Å². The van der Waals surface area contributed by atoms with Crippen LogP contribution in [0.2, 0.25) is 0 Å². The average molecular weight is 305 g/mol. The second-order valence-corrected chi connectivity index (χ2v) is 8.10. The molecule has 20 heavy (non-hydrogen) atoms. The van der Waals surface area contributed by atoms with E-state index in [9.17, 15) is 8.42 Å². The quantitative estimate of drug-likeness (QED) is 0.748. The highest BCUT2D eigenvalue weighted by molar-refractivity contribution is 7.89. The monoisotopic (exact) mass is 305 g/mol. The van der Waals surface area contributed by atoms with E-state index in [4.69, 9.17) is 9.47 Å². The SMILES string of the molecule is CCCS(=O)(=O)N1CCC2(CC1)COC(COCC)C2. The molecule has 1 unspecified atom stereocenters. The van der Waals surface area contributed by atoms with Gasteiger partial charge in [0.25, 0.3) is 0 Å². The van der Waals surface area contributed by atoms with Crippen LogP contribution in [0.5, 0.6) is 0 Å². The Hall–Kier alpha value is -0.170. The predicted octanol–water partition coefficient (Wildman–Crippen LogP) is 1.63. The molecule has 0 aromatic carbocycles. The highest BCUT2D eigenvalue weighted by Crippen LogP contribution is 2.42. The molecule has 2 aliphatic rings. The van der Waals surface area contributed by atoms with Crippen molar-refractivity contribution in [2.24, 2.45) is 5.41 Å². The molecule has 0 radical (unpaired) electrons. The van der Waals surface area contributed by atoms with Crippen molar-refractivity contribution in [3.05, 3.63) is 0 Å². The van der Waals surface area contributed by atoms with Crippen molar-refractivity contribution in [2.75, 3.05) is 38.7 Å². The molecular formula is C14H27NO4S. The van der Waals surface area contributed by atoms with E-state index in [2.05, 4.69) is 0 Å². The van der Waals surface area contributed by atoms with E-state index in [0.29, 0.717) is 26.1 Å². The van der Waals surface area contributed by atoms with E-state index in [-0.39, 0.29) is 17.3 Å². The van der Waals surface area contributed by atoms with Crippen LogP contribution in [0, 0.1) is 5.41 Å². The fraction of sp³-hybridized carbons (Fsp3) is 1.00. The van der Waals surface area contributed by atoms with Crippen LogP contribution in [-0.4, -0.2) is 57.5 Å². The summed E-state index contributed by atoms with van der Waals surface area (Å²) in [5.74, 6) is 0.267. The van der Waals surface area contributed by atoms with Crippen LogP contribution in [0.1, 0.15) is 39.5 Å². The third-order valence-corrected chi connectivity index (χ3v) is 6.51.